The van der Waals surface area contributed by atoms with Crippen molar-refractivity contribution in [1.29, 1.82) is 0 Å². The van der Waals surface area contributed by atoms with Crippen molar-refractivity contribution < 1.29 is 4.79 Å². The molecule has 1 aliphatic rings. The first-order chi connectivity index (χ1) is 15.5. The molecule has 1 unspecified atom stereocenters. The molecule has 2 aromatic carbocycles. The van der Waals surface area contributed by atoms with Crippen LogP contribution in [0, 0.1) is 6.92 Å². The Morgan fingerprint density at radius 1 is 0.938 bits per heavy atom. The Kier molecular flexibility index (Phi) is 6.81. The van der Waals surface area contributed by atoms with Crippen LogP contribution in [0.4, 0.5) is 0 Å². The molecular weight excluding hydrogens is 400 g/mol. The molecule has 0 N–H and O–H groups in total. The second kappa shape index (κ2) is 9.92. The van der Waals surface area contributed by atoms with Crippen molar-refractivity contribution in [3.05, 3.63) is 88.2 Å². The number of aromatic nitrogens is 2. The largest absolute Gasteiger partial charge is 0.338 e. The molecule has 1 saturated heterocycles. The summed E-state index contributed by atoms with van der Waals surface area (Å²) >= 11 is 0. The van der Waals surface area contributed by atoms with E-state index in [9.17, 15) is 9.59 Å². The van der Waals surface area contributed by atoms with Gasteiger partial charge in [-0.1, -0.05) is 60.2 Å². The summed E-state index contributed by atoms with van der Waals surface area (Å²) in [6, 6.07) is 21.0. The van der Waals surface area contributed by atoms with E-state index in [1.54, 1.807) is 13.0 Å². The van der Waals surface area contributed by atoms with Crippen LogP contribution in [0.1, 0.15) is 24.1 Å². The van der Waals surface area contributed by atoms with Gasteiger partial charge in [-0.2, -0.15) is 5.10 Å². The molecule has 0 saturated carbocycles. The van der Waals surface area contributed by atoms with E-state index in [0.29, 0.717) is 18.8 Å². The number of hydrogen-bond acceptors (Lipinski definition) is 4. The van der Waals surface area contributed by atoms with E-state index in [-0.39, 0.29) is 11.5 Å². The van der Waals surface area contributed by atoms with Crippen LogP contribution in [0.2, 0.25) is 0 Å². The molecule has 1 amide bonds. The molecule has 0 aliphatic carbocycles. The molecule has 3 aromatic rings. The Bertz CT molecular complexity index is 1100. The van der Waals surface area contributed by atoms with Crippen LogP contribution < -0.4 is 5.56 Å². The molecule has 4 rings (SSSR count). The van der Waals surface area contributed by atoms with E-state index < -0.39 is 6.04 Å². The van der Waals surface area contributed by atoms with Gasteiger partial charge in [0.05, 0.1) is 5.69 Å². The van der Waals surface area contributed by atoms with Crippen LogP contribution in [0.15, 0.2) is 71.5 Å². The van der Waals surface area contributed by atoms with Crippen LogP contribution in [0.5, 0.6) is 0 Å². The number of amides is 1. The first-order valence-corrected chi connectivity index (χ1v) is 11.2. The number of benzene rings is 2. The van der Waals surface area contributed by atoms with Crippen molar-refractivity contribution in [2.24, 2.45) is 0 Å². The predicted octanol–water partition coefficient (Wildman–Crippen LogP) is 3.17. The van der Waals surface area contributed by atoms with Gasteiger partial charge < -0.3 is 4.90 Å². The number of nitrogens with zero attached hydrogens (tertiary/aromatic N) is 4. The van der Waals surface area contributed by atoms with E-state index in [4.69, 9.17) is 0 Å². The average Bonchev–Trinajstić information content (AvgIpc) is 2.84. The lowest BCUT2D eigenvalue weighted by Gasteiger charge is -2.36. The van der Waals surface area contributed by atoms with Gasteiger partial charge in [0.15, 0.2) is 0 Å². The molecule has 166 valence electrons. The summed E-state index contributed by atoms with van der Waals surface area (Å²) < 4.78 is 1.32. The van der Waals surface area contributed by atoms with Gasteiger partial charge in [0.2, 0.25) is 5.91 Å². The monoisotopic (exact) mass is 430 g/mol. The Balaban J connectivity index is 1.38. The standard InChI is InChI=1S/C26H30N4O2/c1-20-8-10-23(11-9-20)24-12-13-25(31)30(27-24)21(2)26(32)29-18-16-28(17-19-29)15-14-22-6-4-3-5-7-22/h3-13,21H,14-19H2,1-2H3. The van der Waals surface area contributed by atoms with Crippen LogP contribution in [0.3, 0.4) is 0 Å². The highest BCUT2D eigenvalue weighted by Gasteiger charge is 2.27. The first-order valence-electron chi connectivity index (χ1n) is 11.2. The maximum absolute atomic E-state index is 13.1. The fraction of sp³-hybridized carbons (Fsp3) is 0.346. The van der Waals surface area contributed by atoms with Crippen molar-refractivity contribution in [2.75, 3.05) is 32.7 Å². The molecule has 1 aliphatic heterocycles. The zero-order valence-electron chi connectivity index (χ0n) is 18.8. The third-order valence-electron chi connectivity index (χ3n) is 6.14. The maximum atomic E-state index is 13.1. The van der Waals surface area contributed by atoms with E-state index in [2.05, 4.69) is 34.3 Å². The van der Waals surface area contributed by atoms with Crippen LogP contribution in [0.25, 0.3) is 11.3 Å². The number of hydrogen-bond donors (Lipinski definition) is 0. The lowest BCUT2D eigenvalue weighted by Crippen LogP contribution is -2.51. The highest BCUT2D eigenvalue weighted by molar-refractivity contribution is 5.80. The minimum Gasteiger partial charge on any atom is -0.338 e. The van der Waals surface area contributed by atoms with Crippen molar-refractivity contribution in [3.8, 4) is 11.3 Å². The smallest absolute Gasteiger partial charge is 0.267 e. The Labute approximate surface area is 189 Å². The Morgan fingerprint density at radius 3 is 2.31 bits per heavy atom. The summed E-state index contributed by atoms with van der Waals surface area (Å²) in [5.74, 6) is -0.0524. The molecule has 1 fully saturated rings. The number of piperazine rings is 1. The molecule has 1 atom stereocenters. The first kappa shape index (κ1) is 22.0. The fourth-order valence-corrected chi connectivity index (χ4v) is 4.07. The van der Waals surface area contributed by atoms with E-state index in [1.807, 2.05) is 42.2 Å². The highest BCUT2D eigenvalue weighted by Crippen LogP contribution is 2.18. The van der Waals surface area contributed by atoms with Crippen molar-refractivity contribution in [3.63, 3.8) is 0 Å². The van der Waals surface area contributed by atoms with Gasteiger partial charge in [-0.15, -0.1) is 0 Å². The number of rotatable bonds is 6. The summed E-state index contributed by atoms with van der Waals surface area (Å²) in [4.78, 5) is 29.9. The number of carbonyl (C=O) groups excluding carboxylic acids is 1. The van der Waals surface area contributed by atoms with Gasteiger partial charge >= 0.3 is 0 Å². The predicted molar refractivity (Wildman–Crippen MR) is 127 cm³/mol. The summed E-state index contributed by atoms with van der Waals surface area (Å²) in [6.45, 7) is 7.81. The molecule has 6 heteroatoms. The van der Waals surface area contributed by atoms with Gasteiger partial charge in [-0.05, 0) is 31.9 Å². The molecule has 32 heavy (non-hydrogen) atoms. The summed E-state index contributed by atoms with van der Waals surface area (Å²) in [5, 5.41) is 4.51. The van der Waals surface area contributed by atoms with Crippen molar-refractivity contribution in [1.82, 2.24) is 19.6 Å². The van der Waals surface area contributed by atoms with Crippen LogP contribution in [-0.2, 0) is 11.2 Å². The van der Waals surface area contributed by atoms with Gasteiger partial charge in [-0.3, -0.25) is 14.5 Å². The Hall–Kier alpha value is -3.25. The number of aryl methyl sites for hydroxylation is 1. The van der Waals surface area contributed by atoms with E-state index in [1.165, 1.54) is 16.3 Å². The lowest BCUT2D eigenvalue weighted by molar-refractivity contribution is -0.136. The third-order valence-corrected chi connectivity index (χ3v) is 6.14. The van der Waals surface area contributed by atoms with Gasteiger partial charge in [0, 0.05) is 44.4 Å². The molecule has 1 aromatic heterocycles. The summed E-state index contributed by atoms with van der Waals surface area (Å²) in [6.07, 6.45) is 1.01. The summed E-state index contributed by atoms with van der Waals surface area (Å²) in [7, 11) is 0. The minimum atomic E-state index is -0.635. The van der Waals surface area contributed by atoms with Gasteiger partial charge in [-0.25, -0.2) is 4.68 Å². The van der Waals surface area contributed by atoms with E-state index >= 15 is 0 Å². The van der Waals surface area contributed by atoms with Crippen molar-refractivity contribution in [2.45, 2.75) is 26.3 Å². The SMILES string of the molecule is Cc1ccc(-c2ccc(=O)n(C(C)C(=O)N3CCN(CCc4ccccc4)CC3)n2)cc1. The molecule has 2 heterocycles. The highest BCUT2D eigenvalue weighted by atomic mass is 16.2. The molecule has 0 bridgehead atoms. The quantitative estimate of drug-likeness (QED) is 0.603. The second-order valence-corrected chi connectivity index (χ2v) is 8.45. The normalized spacial score (nSPS) is 15.5. The fourth-order valence-electron chi connectivity index (χ4n) is 4.07. The third kappa shape index (κ3) is 5.14. The van der Waals surface area contributed by atoms with E-state index in [0.717, 1.165) is 37.2 Å². The van der Waals surface area contributed by atoms with Gasteiger partial charge in [0.1, 0.15) is 6.04 Å². The average molecular weight is 431 g/mol. The minimum absolute atomic E-state index is 0.0524. The van der Waals surface area contributed by atoms with Gasteiger partial charge in [0.25, 0.3) is 5.56 Å². The van der Waals surface area contributed by atoms with Crippen LogP contribution in [-0.4, -0.2) is 58.2 Å². The van der Waals surface area contributed by atoms with Crippen molar-refractivity contribution >= 4 is 5.91 Å². The maximum Gasteiger partial charge on any atom is 0.267 e. The molecule has 0 radical (unpaired) electrons. The molecular formula is C26H30N4O2. The zero-order chi connectivity index (χ0) is 22.5. The molecule has 6 nitrogen and oxygen atoms in total. The van der Waals surface area contributed by atoms with Crippen LogP contribution >= 0.6 is 0 Å². The zero-order valence-corrected chi connectivity index (χ0v) is 18.8. The lowest BCUT2D eigenvalue weighted by atomic mass is 10.1. The second-order valence-electron chi connectivity index (χ2n) is 8.45. The Morgan fingerprint density at radius 2 is 1.62 bits per heavy atom. The molecule has 0 spiro atoms. The summed E-state index contributed by atoms with van der Waals surface area (Å²) in [5.41, 5.74) is 3.85. The topological polar surface area (TPSA) is 58.4 Å². The number of carbonyl (C=O) groups is 1.